The zero-order chi connectivity index (χ0) is 14.7. The van der Waals surface area contributed by atoms with E-state index in [1.807, 2.05) is 42.5 Å². The van der Waals surface area contributed by atoms with Crippen molar-refractivity contribution in [2.75, 3.05) is 7.11 Å². The maximum Gasteiger partial charge on any atom is 0.128 e. The second-order valence-corrected chi connectivity index (χ2v) is 5.44. The van der Waals surface area contributed by atoms with Gasteiger partial charge in [0.05, 0.1) is 12.8 Å². The van der Waals surface area contributed by atoms with Gasteiger partial charge in [-0.2, -0.15) is 0 Å². The SMILES string of the molecule is COc1ccccc1C1=CC(C)(Cc2ccccc2)ON1. The molecule has 0 amide bonds. The Labute approximate surface area is 125 Å². The van der Waals surface area contributed by atoms with E-state index in [0.717, 1.165) is 23.4 Å². The van der Waals surface area contributed by atoms with Crippen molar-refractivity contribution < 1.29 is 9.57 Å². The Morgan fingerprint density at radius 3 is 2.52 bits per heavy atom. The topological polar surface area (TPSA) is 30.5 Å². The Morgan fingerprint density at radius 2 is 1.76 bits per heavy atom. The van der Waals surface area contributed by atoms with Gasteiger partial charge in [-0.3, -0.25) is 10.3 Å². The molecule has 21 heavy (non-hydrogen) atoms. The number of rotatable bonds is 4. The maximum atomic E-state index is 5.81. The molecule has 3 heteroatoms. The molecule has 0 saturated heterocycles. The molecule has 2 aromatic carbocycles. The van der Waals surface area contributed by atoms with E-state index in [-0.39, 0.29) is 5.60 Å². The summed E-state index contributed by atoms with van der Waals surface area (Å²) in [6.45, 7) is 2.08. The molecule has 0 aromatic heterocycles. The minimum Gasteiger partial charge on any atom is -0.496 e. The van der Waals surface area contributed by atoms with Crippen LogP contribution in [0.15, 0.2) is 60.7 Å². The molecule has 1 N–H and O–H groups in total. The minimum atomic E-state index is -0.364. The fourth-order valence-corrected chi connectivity index (χ4v) is 2.62. The van der Waals surface area contributed by atoms with Gasteiger partial charge in [0.25, 0.3) is 0 Å². The van der Waals surface area contributed by atoms with Crippen LogP contribution < -0.4 is 10.2 Å². The number of para-hydroxylation sites is 1. The predicted octanol–water partition coefficient (Wildman–Crippen LogP) is 3.57. The van der Waals surface area contributed by atoms with E-state index in [1.54, 1.807) is 7.11 Å². The molecule has 3 nitrogen and oxygen atoms in total. The van der Waals surface area contributed by atoms with E-state index in [0.29, 0.717) is 0 Å². The lowest BCUT2D eigenvalue weighted by atomic mass is 9.95. The molecule has 2 aromatic rings. The lowest BCUT2D eigenvalue weighted by Crippen LogP contribution is -2.28. The highest BCUT2D eigenvalue weighted by Crippen LogP contribution is 2.32. The highest BCUT2D eigenvalue weighted by atomic mass is 16.7. The summed E-state index contributed by atoms with van der Waals surface area (Å²) in [6.07, 6.45) is 2.94. The number of hydrogen-bond acceptors (Lipinski definition) is 3. The standard InChI is InChI=1S/C18H19NO2/c1-18(12-14-8-4-3-5-9-14)13-16(19-21-18)15-10-6-7-11-17(15)20-2/h3-11,13,19H,12H2,1-2H3. The minimum absolute atomic E-state index is 0.364. The quantitative estimate of drug-likeness (QED) is 0.929. The average Bonchev–Trinajstić information content (AvgIpc) is 2.90. The molecule has 1 unspecified atom stereocenters. The van der Waals surface area contributed by atoms with Crippen LogP contribution in [0.3, 0.4) is 0 Å². The molecule has 0 spiro atoms. The molecule has 1 aliphatic heterocycles. The molecule has 0 saturated carbocycles. The van der Waals surface area contributed by atoms with Crippen molar-refractivity contribution in [3.8, 4) is 5.75 Å². The van der Waals surface area contributed by atoms with Crippen molar-refractivity contribution >= 4 is 5.70 Å². The van der Waals surface area contributed by atoms with E-state index in [4.69, 9.17) is 9.57 Å². The fraction of sp³-hybridized carbons (Fsp3) is 0.222. The number of ether oxygens (including phenoxy) is 1. The van der Waals surface area contributed by atoms with Gasteiger partial charge in [0.2, 0.25) is 0 Å². The van der Waals surface area contributed by atoms with Gasteiger partial charge in [-0.1, -0.05) is 42.5 Å². The van der Waals surface area contributed by atoms with Crippen molar-refractivity contribution in [1.82, 2.24) is 5.48 Å². The van der Waals surface area contributed by atoms with Gasteiger partial charge < -0.3 is 4.74 Å². The monoisotopic (exact) mass is 281 g/mol. The fourth-order valence-electron chi connectivity index (χ4n) is 2.62. The van der Waals surface area contributed by atoms with Gasteiger partial charge in [-0.05, 0) is 30.7 Å². The summed E-state index contributed by atoms with van der Waals surface area (Å²) in [5.74, 6) is 0.837. The first-order chi connectivity index (χ1) is 10.2. The first-order valence-electron chi connectivity index (χ1n) is 7.04. The van der Waals surface area contributed by atoms with E-state index in [1.165, 1.54) is 5.56 Å². The summed E-state index contributed by atoms with van der Waals surface area (Å²) in [5.41, 5.74) is 5.89. The summed E-state index contributed by atoms with van der Waals surface area (Å²) in [5, 5.41) is 0. The largest absolute Gasteiger partial charge is 0.496 e. The predicted molar refractivity (Wildman–Crippen MR) is 83.7 cm³/mol. The molecule has 0 fully saturated rings. The Hall–Kier alpha value is -2.26. The molecule has 3 rings (SSSR count). The van der Waals surface area contributed by atoms with Crippen molar-refractivity contribution in [1.29, 1.82) is 0 Å². The van der Waals surface area contributed by atoms with Crippen LogP contribution in [0.2, 0.25) is 0 Å². The lowest BCUT2D eigenvalue weighted by molar-refractivity contribution is -0.0208. The number of hydrogen-bond donors (Lipinski definition) is 1. The van der Waals surface area contributed by atoms with Crippen LogP contribution in [0.1, 0.15) is 18.1 Å². The van der Waals surface area contributed by atoms with Crippen molar-refractivity contribution in [2.24, 2.45) is 0 Å². The molecule has 0 bridgehead atoms. The summed E-state index contributed by atoms with van der Waals surface area (Å²) in [6, 6.07) is 18.3. The van der Waals surface area contributed by atoms with Crippen LogP contribution in [-0.2, 0) is 11.3 Å². The summed E-state index contributed by atoms with van der Waals surface area (Å²) < 4.78 is 5.41. The number of methoxy groups -OCH3 is 1. The van der Waals surface area contributed by atoms with E-state index in [2.05, 4.69) is 30.6 Å². The van der Waals surface area contributed by atoms with Crippen molar-refractivity contribution in [3.05, 3.63) is 71.8 Å². The second kappa shape index (κ2) is 5.62. The maximum absolute atomic E-state index is 5.81. The van der Waals surface area contributed by atoms with Gasteiger partial charge in [-0.15, -0.1) is 0 Å². The zero-order valence-corrected chi connectivity index (χ0v) is 12.3. The smallest absolute Gasteiger partial charge is 0.128 e. The van der Waals surface area contributed by atoms with Crippen LogP contribution in [0.25, 0.3) is 5.70 Å². The van der Waals surface area contributed by atoms with Crippen molar-refractivity contribution in [2.45, 2.75) is 18.9 Å². The highest BCUT2D eigenvalue weighted by Gasteiger charge is 2.31. The molecule has 1 aliphatic rings. The Kier molecular flexibility index (Phi) is 3.67. The molecule has 1 heterocycles. The number of benzene rings is 2. The third-order valence-corrected chi connectivity index (χ3v) is 3.64. The normalized spacial score (nSPS) is 20.8. The highest BCUT2D eigenvalue weighted by molar-refractivity contribution is 5.70. The molecule has 0 aliphatic carbocycles. The van der Waals surface area contributed by atoms with Gasteiger partial charge in [0, 0.05) is 12.0 Å². The zero-order valence-electron chi connectivity index (χ0n) is 12.3. The van der Waals surface area contributed by atoms with Gasteiger partial charge >= 0.3 is 0 Å². The van der Waals surface area contributed by atoms with E-state index < -0.39 is 0 Å². The Balaban J connectivity index is 1.86. The third kappa shape index (κ3) is 2.93. The van der Waals surface area contributed by atoms with E-state index >= 15 is 0 Å². The Bertz CT molecular complexity index is 651. The molecule has 108 valence electrons. The second-order valence-electron chi connectivity index (χ2n) is 5.44. The van der Waals surface area contributed by atoms with Gasteiger partial charge in [0.1, 0.15) is 11.4 Å². The van der Waals surface area contributed by atoms with Crippen molar-refractivity contribution in [3.63, 3.8) is 0 Å². The molecule has 0 radical (unpaired) electrons. The van der Waals surface area contributed by atoms with Gasteiger partial charge in [-0.25, -0.2) is 0 Å². The van der Waals surface area contributed by atoms with Crippen LogP contribution in [-0.4, -0.2) is 12.7 Å². The molecular formula is C18H19NO2. The van der Waals surface area contributed by atoms with Crippen LogP contribution >= 0.6 is 0 Å². The van der Waals surface area contributed by atoms with Crippen LogP contribution in [0.4, 0.5) is 0 Å². The van der Waals surface area contributed by atoms with Crippen LogP contribution in [0.5, 0.6) is 5.75 Å². The van der Waals surface area contributed by atoms with E-state index in [9.17, 15) is 0 Å². The number of hydroxylamine groups is 1. The first-order valence-corrected chi connectivity index (χ1v) is 7.04. The lowest BCUT2D eigenvalue weighted by Gasteiger charge is -2.19. The Morgan fingerprint density at radius 1 is 1.05 bits per heavy atom. The van der Waals surface area contributed by atoms with Gasteiger partial charge in [0.15, 0.2) is 0 Å². The molecule has 1 atom stereocenters. The summed E-state index contributed by atoms with van der Waals surface area (Å²) >= 11 is 0. The third-order valence-electron chi connectivity index (χ3n) is 3.64. The van der Waals surface area contributed by atoms with Crippen LogP contribution in [0, 0.1) is 0 Å². The summed E-state index contributed by atoms with van der Waals surface area (Å²) in [4.78, 5) is 5.81. The molecular weight excluding hydrogens is 262 g/mol. The summed E-state index contributed by atoms with van der Waals surface area (Å²) in [7, 11) is 1.68. The number of nitrogens with one attached hydrogen (secondary N) is 1. The average molecular weight is 281 g/mol. The first kappa shape index (κ1) is 13.7.